The molecule has 0 atom stereocenters. The third-order valence-corrected chi connectivity index (χ3v) is 5.65. The summed E-state index contributed by atoms with van der Waals surface area (Å²) in [5.74, 6) is 0.0418. The van der Waals surface area contributed by atoms with Gasteiger partial charge in [0.1, 0.15) is 4.83 Å². The molecule has 0 saturated heterocycles. The maximum Gasteiger partial charge on any atom is 0.263 e. The number of halogens is 1. The molecule has 0 unspecified atom stereocenters. The van der Waals surface area contributed by atoms with Crippen molar-refractivity contribution in [2.75, 3.05) is 27.2 Å². The second-order valence-electron chi connectivity index (χ2n) is 5.99. The molecule has 2 heterocycles. The molecule has 3 rings (SSSR count). The molecular weight excluding hydrogens is 356 g/mol. The SMILES string of the molecule is CNCCN(C)C(=O)c1cc2c(C)nn(Cc3ccccc3Cl)c2s1. The van der Waals surface area contributed by atoms with Crippen LogP contribution in [0.3, 0.4) is 0 Å². The largest absolute Gasteiger partial charge is 0.340 e. The van der Waals surface area contributed by atoms with Gasteiger partial charge in [0.2, 0.25) is 0 Å². The molecule has 0 fully saturated rings. The average Bonchev–Trinajstić information content (AvgIpc) is 3.16. The number of nitrogens with one attached hydrogen (secondary N) is 1. The Bertz CT molecular complexity index is 902. The Kier molecular flexibility index (Phi) is 5.42. The van der Waals surface area contributed by atoms with E-state index in [1.807, 2.05) is 56.0 Å². The monoisotopic (exact) mass is 376 g/mol. The van der Waals surface area contributed by atoms with Crippen molar-refractivity contribution in [1.82, 2.24) is 20.0 Å². The quantitative estimate of drug-likeness (QED) is 0.717. The van der Waals surface area contributed by atoms with Crippen LogP contribution in [0, 0.1) is 6.92 Å². The number of aromatic nitrogens is 2. The van der Waals surface area contributed by atoms with Crippen molar-refractivity contribution in [3.8, 4) is 0 Å². The number of thiophene rings is 1. The molecule has 7 heteroatoms. The van der Waals surface area contributed by atoms with E-state index in [2.05, 4.69) is 10.4 Å². The first kappa shape index (κ1) is 17.9. The van der Waals surface area contributed by atoms with Gasteiger partial charge in [-0.1, -0.05) is 29.8 Å². The number of carbonyl (C=O) groups excluding carboxylic acids is 1. The summed E-state index contributed by atoms with van der Waals surface area (Å²) in [6.45, 7) is 4.01. The topological polar surface area (TPSA) is 50.2 Å². The second-order valence-corrected chi connectivity index (χ2v) is 7.43. The molecule has 0 saturated carbocycles. The van der Waals surface area contributed by atoms with Crippen molar-refractivity contribution in [2.45, 2.75) is 13.5 Å². The van der Waals surface area contributed by atoms with Gasteiger partial charge < -0.3 is 10.2 Å². The van der Waals surface area contributed by atoms with Crippen molar-refractivity contribution >= 4 is 39.1 Å². The number of nitrogens with zero attached hydrogens (tertiary/aromatic N) is 3. The number of hydrogen-bond donors (Lipinski definition) is 1. The summed E-state index contributed by atoms with van der Waals surface area (Å²) >= 11 is 7.76. The minimum absolute atomic E-state index is 0.0418. The highest BCUT2D eigenvalue weighted by atomic mass is 35.5. The van der Waals surface area contributed by atoms with Gasteiger partial charge in [-0.15, -0.1) is 11.3 Å². The molecule has 2 aromatic heterocycles. The van der Waals surface area contributed by atoms with E-state index >= 15 is 0 Å². The lowest BCUT2D eigenvalue weighted by Crippen LogP contribution is -2.32. The molecule has 0 aliphatic carbocycles. The molecular formula is C18H21ClN4OS. The Labute approximate surface area is 156 Å². The van der Waals surface area contributed by atoms with Crippen LogP contribution in [0.25, 0.3) is 10.2 Å². The van der Waals surface area contributed by atoms with Gasteiger partial charge in [0.25, 0.3) is 5.91 Å². The predicted molar refractivity (Wildman–Crippen MR) is 104 cm³/mol. The van der Waals surface area contributed by atoms with Gasteiger partial charge in [-0.2, -0.15) is 5.10 Å². The third-order valence-electron chi connectivity index (χ3n) is 4.14. The maximum atomic E-state index is 12.6. The molecule has 0 spiro atoms. The fourth-order valence-corrected chi connectivity index (χ4v) is 4.03. The lowest BCUT2D eigenvalue weighted by molar-refractivity contribution is 0.0801. The van der Waals surface area contributed by atoms with Crippen molar-refractivity contribution in [2.24, 2.45) is 0 Å². The van der Waals surface area contributed by atoms with E-state index < -0.39 is 0 Å². The maximum absolute atomic E-state index is 12.6. The van der Waals surface area contributed by atoms with Crippen molar-refractivity contribution in [3.05, 3.63) is 51.5 Å². The molecule has 0 bridgehead atoms. The van der Waals surface area contributed by atoms with Crippen LogP contribution < -0.4 is 5.32 Å². The fourth-order valence-electron chi connectivity index (χ4n) is 2.68. The van der Waals surface area contributed by atoms with Crippen LogP contribution in [0.5, 0.6) is 0 Å². The predicted octanol–water partition coefficient (Wildman–Crippen LogP) is 3.40. The Morgan fingerprint density at radius 2 is 2.16 bits per heavy atom. The van der Waals surface area contributed by atoms with E-state index in [1.54, 1.807) is 4.90 Å². The molecule has 0 aliphatic rings. The summed E-state index contributed by atoms with van der Waals surface area (Å²) in [7, 11) is 3.71. The van der Waals surface area contributed by atoms with E-state index in [1.165, 1.54) is 11.3 Å². The molecule has 1 aromatic carbocycles. The van der Waals surface area contributed by atoms with Crippen LogP contribution in [0.2, 0.25) is 5.02 Å². The van der Waals surface area contributed by atoms with Gasteiger partial charge >= 0.3 is 0 Å². The summed E-state index contributed by atoms with van der Waals surface area (Å²) in [6, 6.07) is 9.71. The normalized spacial score (nSPS) is 11.2. The van der Waals surface area contributed by atoms with Gasteiger partial charge in [-0.3, -0.25) is 9.48 Å². The molecule has 3 aromatic rings. The lowest BCUT2D eigenvalue weighted by Gasteiger charge is -2.15. The van der Waals surface area contributed by atoms with Crippen molar-refractivity contribution < 1.29 is 4.79 Å². The first-order chi connectivity index (χ1) is 12.0. The van der Waals surface area contributed by atoms with Gasteiger partial charge in [0, 0.05) is 30.5 Å². The molecule has 1 N–H and O–H groups in total. The van der Waals surface area contributed by atoms with Gasteiger partial charge in [-0.05, 0) is 31.7 Å². The van der Waals surface area contributed by atoms with Crippen LogP contribution in [0.4, 0.5) is 0 Å². The summed E-state index contributed by atoms with van der Waals surface area (Å²) < 4.78 is 1.93. The highest BCUT2D eigenvalue weighted by Gasteiger charge is 2.19. The van der Waals surface area contributed by atoms with Crippen LogP contribution in [-0.4, -0.2) is 47.8 Å². The number of fused-ring (bicyclic) bond motifs is 1. The van der Waals surface area contributed by atoms with Gasteiger partial charge in [-0.25, -0.2) is 0 Å². The number of aryl methyl sites for hydroxylation is 1. The lowest BCUT2D eigenvalue weighted by atomic mass is 10.2. The highest BCUT2D eigenvalue weighted by molar-refractivity contribution is 7.20. The summed E-state index contributed by atoms with van der Waals surface area (Å²) in [5.41, 5.74) is 1.94. The number of rotatable bonds is 6. The fraction of sp³-hybridized carbons (Fsp3) is 0.333. The molecule has 1 amide bonds. The number of likely N-dealkylation sites (N-methyl/N-ethyl adjacent to an activating group) is 2. The van der Waals surface area contributed by atoms with Crippen LogP contribution in [0.1, 0.15) is 20.9 Å². The van der Waals surface area contributed by atoms with Crippen LogP contribution in [-0.2, 0) is 6.54 Å². The van der Waals surface area contributed by atoms with Gasteiger partial charge in [0.15, 0.2) is 0 Å². The average molecular weight is 377 g/mol. The molecule has 0 radical (unpaired) electrons. The summed E-state index contributed by atoms with van der Waals surface area (Å²) in [6.07, 6.45) is 0. The smallest absolute Gasteiger partial charge is 0.263 e. The van der Waals surface area contributed by atoms with E-state index in [0.717, 1.165) is 37.9 Å². The Balaban J connectivity index is 1.91. The number of benzene rings is 1. The van der Waals surface area contributed by atoms with E-state index in [4.69, 9.17) is 11.6 Å². The van der Waals surface area contributed by atoms with Crippen LogP contribution in [0.15, 0.2) is 30.3 Å². The number of amides is 1. The minimum Gasteiger partial charge on any atom is -0.340 e. The highest BCUT2D eigenvalue weighted by Crippen LogP contribution is 2.30. The molecule has 25 heavy (non-hydrogen) atoms. The Hall–Kier alpha value is -1.89. The zero-order chi connectivity index (χ0) is 18.0. The Morgan fingerprint density at radius 1 is 1.40 bits per heavy atom. The minimum atomic E-state index is 0.0418. The van der Waals surface area contributed by atoms with Gasteiger partial charge in [0.05, 0.1) is 17.1 Å². The molecule has 0 aliphatic heterocycles. The number of hydrogen-bond acceptors (Lipinski definition) is 4. The standard InChI is InChI=1S/C18H21ClN4OS/c1-12-14-10-16(17(24)22(3)9-8-20-2)25-18(14)23(21-12)11-13-6-4-5-7-15(13)19/h4-7,10,20H,8-9,11H2,1-3H3. The Morgan fingerprint density at radius 3 is 2.88 bits per heavy atom. The second kappa shape index (κ2) is 7.56. The first-order valence-corrected chi connectivity index (χ1v) is 9.31. The van der Waals surface area contributed by atoms with Crippen LogP contribution >= 0.6 is 22.9 Å². The zero-order valence-electron chi connectivity index (χ0n) is 14.5. The number of carbonyl (C=O) groups is 1. The van der Waals surface area contributed by atoms with E-state index in [9.17, 15) is 4.79 Å². The summed E-state index contributed by atoms with van der Waals surface area (Å²) in [4.78, 5) is 16.1. The summed E-state index contributed by atoms with van der Waals surface area (Å²) in [5, 5.41) is 9.43. The molecule has 5 nitrogen and oxygen atoms in total. The van der Waals surface area contributed by atoms with Crippen molar-refractivity contribution in [1.29, 1.82) is 0 Å². The zero-order valence-corrected chi connectivity index (χ0v) is 16.1. The van der Waals surface area contributed by atoms with E-state index in [-0.39, 0.29) is 5.91 Å². The van der Waals surface area contributed by atoms with E-state index in [0.29, 0.717) is 13.1 Å². The first-order valence-electron chi connectivity index (χ1n) is 8.11. The molecule has 132 valence electrons. The third kappa shape index (κ3) is 3.71. The van der Waals surface area contributed by atoms with Crippen molar-refractivity contribution in [3.63, 3.8) is 0 Å².